The second kappa shape index (κ2) is 3.40. The lowest BCUT2D eigenvalue weighted by atomic mass is 10.3. The van der Waals surface area contributed by atoms with Crippen molar-refractivity contribution in [1.29, 1.82) is 0 Å². The molecule has 1 fully saturated rings. The van der Waals surface area contributed by atoms with Crippen molar-refractivity contribution >= 4 is 10.9 Å². The van der Waals surface area contributed by atoms with E-state index in [-0.39, 0.29) is 0 Å². The molecule has 0 bridgehead atoms. The highest BCUT2D eigenvalue weighted by Gasteiger charge is 2.28. The van der Waals surface area contributed by atoms with Crippen molar-refractivity contribution in [1.82, 2.24) is 0 Å². The zero-order valence-electron chi connectivity index (χ0n) is 6.99. The van der Waals surface area contributed by atoms with Gasteiger partial charge in [0.2, 0.25) is 0 Å². The third-order valence-electron chi connectivity index (χ3n) is 2.21. The first-order chi connectivity index (χ1) is 5.88. The molecule has 64 valence electrons. The van der Waals surface area contributed by atoms with Crippen molar-refractivity contribution in [3.63, 3.8) is 0 Å². The quantitative estimate of drug-likeness (QED) is 0.658. The summed E-state index contributed by atoms with van der Waals surface area (Å²) < 4.78 is 0. The van der Waals surface area contributed by atoms with Crippen LogP contribution in [-0.2, 0) is 10.9 Å². The summed E-state index contributed by atoms with van der Waals surface area (Å²) in [6, 6.07) is 7.75. The van der Waals surface area contributed by atoms with Gasteiger partial charge in [-0.1, -0.05) is 12.1 Å². The minimum atomic E-state index is 0.348. The van der Waals surface area contributed by atoms with Crippen molar-refractivity contribution in [2.45, 2.75) is 17.7 Å². The molecule has 1 heterocycles. The SMILES string of the molecule is Oc1ccccc1[S+]1CCCC1. The van der Waals surface area contributed by atoms with Gasteiger partial charge in [0.05, 0.1) is 0 Å². The third kappa shape index (κ3) is 1.44. The number of hydrogen-bond donors (Lipinski definition) is 1. The number of rotatable bonds is 1. The molecule has 0 atom stereocenters. The first kappa shape index (κ1) is 7.99. The van der Waals surface area contributed by atoms with Gasteiger partial charge in [-0.25, -0.2) is 0 Å². The maximum atomic E-state index is 9.58. The van der Waals surface area contributed by atoms with Crippen LogP contribution in [0.2, 0.25) is 0 Å². The molecule has 1 nitrogen and oxygen atoms in total. The third-order valence-corrected chi connectivity index (χ3v) is 4.74. The Kier molecular flexibility index (Phi) is 2.26. The normalized spacial score (nSPS) is 18.3. The van der Waals surface area contributed by atoms with Crippen molar-refractivity contribution in [2.75, 3.05) is 11.5 Å². The van der Waals surface area contributed by atoms with Gasteiger partial charge < -0.3 is 5.11 Å². The van der Waals surface area contributed by atoms with Crippen LogP contribution in [0.25, 0.3) is 0 Å². The fourth-order valence-electron chi connectivity index (χ4n) is 1.58. The Balaban J connectivity index is 2.26. The van der Waals surface area contributed by atoms with E-state index in [4.69, 9.17) is 0 Å². The molecule has 0 unspecified atom stereocenters. The van der Waals surface area contributed by atoms with E-state index < -0.39 is 0 Å². The second-order valence-corrected chi connectivity index (χ2v) is 5.32. The molecule has 0 radical (unpaired) electrons. The summed E-state index contributed by atoms with van der Waals surface area (Å²) in [5.41, 5.74) is 0. The highest BCUT2D eigenvalue weighted by Crippen LogP contribution is 2.29. The number of hydrogen-bond acceptors (Lipinski definition) is 1. The van der Waals surface area contributed by atoms with Gasteiger partial charge in [0.15, 0.2) is 10.6 Å². The minimum absolute atomic E-state index is 0.348. The lowest BCUT2D eigenvalue weighted by Crippen LogP contribution is -2.03. The Morgan fingerprint density at radius 1 is 1.08 bits per heavy atom. The number of phenolic OH excluding ortho intramolecular Hbond substituents is 1. The van der Waals surface area contributed by atoms with Crippen LogP contribution in [0.15, 0.2) is 29.2 Å². The lowest BCUT2D eigenvalue weighted by Gasteiger charge is -2.01. The lowest BCUT2D eigenvalue weighted by molar-refractivity contribution is 0.462. The first-order valence-electron chi connectivity index (χ1n) is 4.33. The molecule has 0 spiro atoms. The summed E-state index contributed by atoms with van der Waals surface area (Å²) in [6.45, 7) is 0. The van der Waals surface area contributed by atoms with Gasteiger partial charge >= 0.3 is 0 Å². The average molecular weight is 181 g/mol. The minimum Gasteiger partial charge on any atom is -0.503 e. The summed E-state index contributed by atoms with van der Waals surface area (Å²) in [7, 11) is 0.348. The largest absolute Gasteiger partial charge is 0.503 e. The number of aromatic hydroxyl groups is 1. The van der Waals surface area contributed by atoms with Crippen LogP contribution in [0, 0.1) is 0 Å². The monoisotopic (exact) mass is 181 g/mol. The molecule has 1 saturated heterocycles. The molecule has 1 aliphatic rings. The van der Waals surface area contributed by atoms with E-state index in [0.29, 0.717) is 16.6 Å². The zero-order chi connectivity index (χ0) is 8.39. The van der Waals surface area contributed by atoms with Crippen molar-refractivity contribution < 1.29 is 5.11 Å². The summed E-state index contributed by atoms with van der Waals surface area (Å²) >= 11 is 0. The van der Waals surface area contributed by atoms with E-state index in [2.05, 4.69) is 6.07 Å². The number of para-hydroxylation sites is 1. The molecule has 1 aromatic carbocycles. The Hall–Kier alpha value is -0.630. The first-order valence-corrected chi connectivity index (χ1v) is 5.90. The van der Waals surface area contributed by atoms with Gasteiger partial charge in [0.1, 0.15) is 11.5 Å². The molecule has 12 heavy (non-hydrogen) atoms. The number of benzene rings is 1. The van der Waals surface area contributed by atoms with E-state index in [9.17, 15) is 5.11 Å². The Morgan fingerprint density at radius 2 is 1.75 bits per heavy atom. The van der Waals surface area contributed by atoms with Crippen LogP contribution in [0.4, 0.5) is 0 Å². The molecule has 0 aliphatic carbocycles. The summed E-state index contributed by atoms with van der Waals surface area (Å²) in [5.74, 6) is 3.04. The fraction of sp³-hybridized carbons (Fsp3) is 0.400. The Labute approximate surface area is 75.8 Å². The van der Waals surface area contributed by atoms with Crippen LogP contribution in [0.3, 0.4) is 0 Å². The molecule has 0 saturated carbocycles. The number of phenols is 1. The van der Waals surface area contributed by atoms with Crippen molar-refractivity contribution in [2.24, 2.45) is 0 Å². The average Bonchev–Trinajstić information content (AvgIpc) is 2.57. The standard InChI is InChI=1S/C10H12OS/c11-9-5-1-2-6-10(9)12-7-3-4-8-12/h1-2,5-6H,3-4,7-8H2/p+1. The van der Waals surface area contributed by atoms with Crippen LogP contribution in [0.5, 0.6) is 5.75 Å². The summed E-state index contributed by atoms with van der Waals surface area (Å²) in [6.07, 6.45) is 2.66. The predicted octanol–water partition coefficient (Wildman–Crippen LogP) is 2.16. The van der Waals surface area contributed by atoms with E-state index >= 15 is 0 Å². The fourth-order valence-corrected chi connectivity index (χ4v) is 3.96. The van der Waals surface area contributed by atoms with E-state index in [1.807, 2.05) is 12.1 Å². The van der Waals surface area contributed by atoms with Gasteiger partial charge in [0.25, 0.3) is 0 Å². The Bertz CT molecular complexity index is 266. The highest BCUT2D eigenvalue weighted by atomic mass is 32.2. The zero-order valence-corrected chi connectivity index (χ0v) is 7.81. The van der Waals surface area contributed by atoms with Gasteiger partial charge in [-0.15, -0.1) is 0 Å². The van der Waals surface area contributed by atoms with E-state index in [1.54, 1.807) is 6.07 Å². The molecular weight excluding hydrogens is 168 g/mol. The highest BCUT2D eigenvalue weighted by molar-refractivity contribution is 7.97. The van der Waals surface area contributed by atoms with Crippen molar-refractivity contribution in [3.8, 4) is 5.75 Å². The van der Waals surface area contributed by atoms with Gasteiger partial charge in [-0.2, -0.15) is 0 Å². The summed E-state index contributed by atoms with van der Waals surface area (Å²) in [5, 5.41) is 9.58. The maximum Gasteiger partial charge on any atom is 0.196 e. The smallest absolute Gasteiger partial charge is 0.196 e. The molecule has 1 N–H and O–H groups in total. The van der Waals surface area contributed by atoms with Crippen LogP contribution >= 0.6 is 0 Å². The predicted molar refractivity (Wildman–Crippen MR) is 52.7 cm³/mol. The molecule has 2 heteroatoms. The maximum absolute atomic E-state index is 9.58. The van der Waals surface area contributed by atoms with E-state index in [1.165, 1.54) is 29.2 Å². The summed E-state index contributed by atoms with van der Waals surface area (Å²) in [4.78, 5) is 1.18. The van der Waals surface area contributed by atoms with Crippen molar-refractivity contribution in [3.05, 3.63) is 24.3 Å². The second-order valence-electron chi connectivity index (χ2n) is 3.08. The van der Waals surface area contributed by atoms with E-state index in [0.717, 1.165) is 0 Å². The topological polar surface area (TPSA) is 20.2 Å². The van der Waals surface area contributed by atoms with Gasteiger partial charge in [-0.3, -0.25) is 0 Å². The van der Waals surface area contributed by atoms with Crippen LogP contribution < -0.4 is 0 Å². The molecular formula is C10H13OS+. The van der Waals surface area contributed by atoms with Gasteiger partial charge in [-0.05, 0) is 25.0 Å². The Morgan fingerprint density at radius 3 is 2.42 bits per heavy atom. The van der Waals surface area contributed by atoms with Gasteiger partial charge in [0, 0.05) is 10.9 Å². The van der Waals surface area contributed by atoms with Crippen LogP contribution in [0.1, 0.15) is 12.8 Å². The molecule has 1 aliphatic heterocycles. The van der Waals surface area contributed by atoms with Crippen LogP contribution in [-0.4, -0.2) is 16.6 Å². The molecule has 1 aromatic rings. The molecule has 0 aromatic heterocycles. The molecule has 2 rings (SSSR count). The molecule has 0 amide bonds.